The van der Waals surface area contributed by atoms with E-state index in [1.807, 2.05) is 6.92 Å². The third-order valence-corrected chi connectivity index (χ3v) is 1.27. The number of allylic oxidation sites excluding steroid dienone is 3. The van der Waals surface area contributed by atoms with Gasteiger partial charge in [-0.2, -0.15) is 0 Å². The van der Waals surface area contributed by atoms with Gasteiger partial charge in [-0.15, -0.1) is 0 Å². The molecule has 11 heavy (non-hydrogen) atoms. The minimum Gasteiger partial charge on any atom is -0.402 e. The molecule has 0 unspecified atom stereocenters. The lowest BCUT2D eigenvalue weighted by molar-refractivity contribution is 1.15. The second kappa shape index (κ2) is 4.55. The SMILES string of the molecule is CC/C(=C\C=C(/C)N)C(=N)N. The molecule has 0 aliphatic rings. The van der Waals surface area contributed by atoms with Crippen LogP contribution >= 0.6 is 0 Å². The van der Waals surface area contributed by atoms with Gasteiger partial charge in [0.25, 0.3) is 0 Å². The van der Waals surface area contributed by atoms with E-state index in [1.165, 1.54) is 0 Å². The predicted octanol–water partition coefficient (Wildman–Crippen LogP) is 1.12. The highest BCUT2D eigenvalue weighted by atomic mass is 14.7. The Bertz CT molecular complexity index is 197. The van der Waals surface area contributed by atoms with Crippen LogP contribution in [-0.4, -0.2) is 5.84 Å². The van der Waals surface area contributed by atoms with Crippen LogP contribution in [0.1, 0.15) is 20.3 Å². The summed E-state index contributed by atoms with van der Waals surface area (Å²) in [5, 5.41) is 7.14. The summed E-state index contributed by atoms with van der Waals surface area (Å²) in [5.74, 6) is 0.116. The monoisotopic (exact) mass is 153 g/mol. The Balaban J connectivity index is 4.37. The predicted molar refractivity (Wildman–Crippen MR) is 48.2 cm³/mol. The van der Waals surface area contributed by atoms with E-state index in [0.29, 0.717) is 0 Å². The summed E-state index contributed by atoms with van der Waals surface area (Å²) in [4.78, 5) is 0. The topological polar surface area (TPSA) is 75.9 Å². The zero-order valence-corrected chi connectivity index (χ0v) is 7.02. The maximum absolute atomic E-state index is 7.14. The third kappa shape index (κ3) is 4.19. The second-order valence-electron chi connectivity index (χ2n) is 2.37. The minimum atomic E-state index is 0.116. The van der Waals surface area contributed by atoms with Gasteiger partial charge in [0.05, 0.1) is 0 Å². The Morgan fingerprint density at radius 3 is 2.18 bits per heavy atom. The van der Waals surface area contributed by atoms with Gasteiger partial charge < -0.3 is 11.5 Å². The van der Waals surface area contributed by atoms with Crippen molar-refractivity contribution in [2.45, 2.75) is 20.3 Å². The quantitative estimate of drug-likeness (QED) is 0.323. The molecule has 0 saturated heterocycles. The molecule has 3 nitrogen and oxygen atoms in total. The van der Waals surface area contributed by atoms with Gasteiger partial charge >= 0.3 is 0 Å². The summed E-state index contributed by atoms with van der Waals surface area (Å²) in [6.45, 7) is 3.75. The first kappa shape index (κ1) is 9.75. The fourth-order valence-electron chi connectivity index (χ4n) is 0.630. The molecule has 62 valence electrons. The first-order valence-corrected chi connectivity index (χ1v) is 3.55. The van der Waals surface area contributed by atoms with Crippen molar-refractivity contribution in [2.24, 2.45) is 11.5 Å². The van der Waals surface area contributed by atoms with E-state index >= 15 is 0 Å². The van der Waals surface area contributed by atoms with Gasteiger partial charge in [-0.1, -0.05) is 13.0 Å². The fraction of sp³-hybridized carbons (Fsp3) is 0.375. The average molecular weight is 153 g/mol. The lowest BCUT2D eigenvalue weighted by Gasteiger charge is -1.98. The number of amidine groups is 1. The molecule has 0 amide bonds. The van der Waals surface area contributed by atoms with E-state index in [4.69, 9.17) is 16.9 Å². The molecule has 0 bridgehead atoms. The number of nitrogens with one attached hydrogen (secondary N) is 1. The highest BCUT2D eigenvalue weighted by molar-refractivity contribution is 5.94. The Kier molecular flexibility index (Phi) is 4.03. The van der Waals surface area contributed by atoms with E-state index in [9.17, 15) is 0 Å². The van der Waals surface area contributed by atoms with Crippen LogP contribution in [0.25, 0.3) is 0 Å². The summed E-state index contributed by atoms with van der Waals surface area (Å²) >= 11 is 0. The van der Waals surface area contributed by atoms with E-state index in [2.05, 4.69) is 0 Å². The summed E-state index contributed by atoms with van der Waals surface area (Å²) in [7, 11) is 0. The van der Waals surface area contributed by atoms with Gasteiger partial charge in [0, 0.05) is 5.70 Å². The zero-order valence-electron chi connectivity index (χ0n) is 7.02. The lowest BCUT2D eigenvalue weighted by atomic mass is 10.1. The molecule has 0 fully saturated rings. The third-order valence-electron chi connectivity index (χ3n) is 1.27. The van der Waals surface area contributed by atoms with E-state index in [-0.39, 0.29) is 5.84 Å². The largest absolute Gasteiger partial charge is 0.402 e. The Labute approximate surface area is 67.3 Å². The van der Waals surface area contributed by atoms with Crippen molar-refractivity contribution in [1.82, 2.24) is 0 Å². The summed E-state index contributed by atoms with van der Waals surface area (Å²) in [5.41, 5.74) is 12.2. The van der Waals surface area contributed by atoms with Crippen LogP contribution < -0.4 is 11.5 Å². The highest BCUT2D eigenvalue weighted by Gasteiger charge is 1.94. The Hall–Kier alpha value is -1.25. The Morgan fingerprint density at radius 2 is 1.91 bits per heavy atom. The minimum absolute atomic E-state index is 0.116. The molecule has 0 rings (SSSR count). The smallest absolute Gasteiger partial charge is 0.118 e. The van der Waals surface area contributed by atoms with E-state index < -0.39 is 0 Å². The van der Waals surface area contributed by atoms with Crippen molar-refractivity contribution in [3.05, 3.63) is 23.4 Å². The van der Waals surface area contributed by atoms with Crippen molar-refractivity contribution in [3.63, 3.8) is 0 Å². The summed E-state index contributed by atoms with van der Waals surface area (Å²) < 4.78 is 0. The molecule has 0 aromatic rings. The van der Waals surface area contributed by atoms with Crippen molar-refractivity contribution < 1.29 is 0 Å². The molecule has 5 N–H and O–H groups in total. The normalized spacial score (nSPS) is 13.3. The first-order chi connectivity index (χ1) is 5.07. The van der Waals surface area contributed by atoms with Gasteiger partial charge in [-0.25, -0.2) is 0 Å². The maximum atomic E-state index is 7.14. The number of hydrogen-bond acceptors (Lipinski definition) is 2. The molecule has 0 aromatic carbocycles. The van der Waals surface area contributed by atoms with Crippen LogP contribution in [0.5, 0.6) is 0 Å². The van der Waals surface area contributed by atoms with Gasteiger partial charge in [0.2, 0.25) is 0 Å². The first-order valence-electron chi connectivity index (χ1n) is 3.55. The second-order valence-corrected chi connectivity index (χ2v) is 2.37. The molecule has 0 heterocycles. The number of rotatable bonds is 3. The van der Waals surface area contributed by atoms with E-state index in [1.54, 1.807) is 19.1 Å². The van der Waals surface area contributed by atoms with Crippen molar-refractivity contribution >= 4 is 5.84 Å². The van der Waals surface area contributed by atoms with Crippen molar-refractivity contribution in [2.75, 3.05) is 0 Å². The number of hydrogen-bond donors (Lipinski definition) is 3. The molecule has 0 radical (unpaired) electrons. The van der Waals surface area contributed by atoms with Gasteiger partial charge in [0.15, 0.2) is 0 Å². The standard InChI is InChI=1S/C8H15N3/c1-3-7(8(10)11)5-4-6(2)9/h4-5H,3,9H2,1-2H3,(H3,10,11)/b6-4+,7-5+. The molecule has 0 atom stereocenters. The molecule has 0 aliphatic heterocycles. The summed E-state index contributed by atoms with van der Waals surface area (Å²) in [6, 6.07) is 0. The van der Waals surface area contributed by atoms with Crippen molar-refractivity contribution in [1.29, 1.82) is 5.41 Å². The number of nitrogens with two attached hydrogens (primary N) is 2. The van der Waals surface area contributed by atoms with E-state index in [0.717, 1.165) is 17.7 Å². The van der Waals surface area contributed by atoms with Crippen LogP contribution in [0.2, 0.25) is 0 Å². The Morgan fingerprint density at radius 1 is 1.36 bits per heavy atom. The summed E-state index contributed by atoms with van der Waals surface area (Å²) in [6.07, 6.45) is 4.29. The molecule has 0 aliphatic carbocycles. The van der Waals surface area contributed by atoms with Gasteiger partial charge in [-0.05, 0) is 25.0 Å². The van der Waals surface area contributed by atoms with Crippen LogP contribution in [0.4, 0.5) is 0 Å². The van der Waals surface area contributed by atoms with Crippen LogP contribution in [0.3, 0.4) is 0 Å². The fourth-order valence-corrected chi connectivity index (χ4v) is 0.630. The maximum Gasteiger partial charge on any atom is 0.118 e. The average Bonchev–Trinajstić information content (AvgIpc) is 1.87. The molecule has 0 spiro atoms. The van der Waals surface area contributed by atoms with Crippen LogP contribution in [0, 0.1) is 5.41 Å². The molecular formula is C8H15N3. The molecular weight excluding hydrogens is 138 g/mol. The zero-order chi connectivity index (χ0) is 8.85. The molecule has 0 aromatic heterocycles. The van der Waals surface area contributed by atoms with Gasteiger partial charge in [-0.3, -0.25) is 5.41 Å². The van der Waals surface area contributed by atoms with Crippen LogP contribution in [-0.2, 0) is 0 Å². The lowest BCUT2D eigenvalue weighted by Crippen LogP contribution is -2.12. The molecule has 3 heteroatoms. The highest BCUT2D eigenvalue weighted by Crippen LogP contribution is 1.99. The van der Waals surface area contributed by atoms with Gasteiger partial charge in [0.1, 0.15) is 5.84 Å². The van der Waals surface area contributed by atoms with Crippen LogP contribution in [0.15, 0.2) is 23.4 Å². The van der Waals surface area contributed by atoms with Crippen molar-refractivity contribution in [3.8, 4) is 0 Å². The molecule has 0 saturated carbocycles.